The first-order valence-electron chi connectivity index (χ1n) is 9.68. The summed E-state index contributed by atoms with van der Waals surface area (Å²) in [6, 6.07) is 14.6. The lowest BCUT2D eigenvalue weighted by atomic mass is 9.94. The Morgan fingerprint density at radius 1 is 1.10 bits per heavy atom. The highest BCUT2D eigenvalue weighted by Gasteiger charge is 2.37. The smallest absolute Gasteiger partial charge is 0.368 e. The van der Waals surface area contributed by atoms with Gasteiger partial charge in [0.1, 0.15) is 11.5 Å². The summed E-state index contributed by atoms with van der Waals surface area (Å²) >= 11 is 0. The number of ketones is 1. The number of carbonyl (C=O) groups excluding carboxylic acids is 1. The van der Waals surface area contributed by atoms with Gasteiger partial charge in [-0.05, 0) is 50.1 Å². The second-order valence-corrected chi connectivity index (χ2v) is 7.73. The van der Waals surface area contributed by atoms with Gasteiger partial charge in [0, 0.05) is 33.8 Å². The molecule has 0 fully saturated rings. The van der Waals surface area contributed by atoms with Crippen LogP contribution in [-0.4, -0.2) is 27.8 Å². The zero-order valence-corrected chi connectivity index (χ0v) is 17.2. The lowest BCUT2D eigenvalue weighted by molar-refractivity contribution is -0.138. The van der Waals surface area contributed by atoms with Crippen molar-refractivity contribution in [2.45, 2.75) is 32.0 Å². The number of aryl methyl sites for hydroxylation is 1. The second kappa shape index (κ2) is 8.85. The van der Waals surface area contributed by atoms with Gasteiger partial charge < -0.3 is 11.1 Å². The van der Waals surface area contributed by atoms with Crippen molar-refractivity contribution in [1.29, 1.82) is 0 Å². The topological polar surface area (TPSA) is 80.9 Å². The van der Waals surface area contributed by atoms with E-state index in [-0.39, 0.29) is 22.2 Å². The molecule has 31 heavy (non-hydrogen) atoms. The minimum Gasteiger partial charge on any atom is -0.368 e. The Bertz CT molecular complexity index is 1080. The molecule has 0 aliphatic heterocycles. The molecule has 0 aliphatic rings. The summed E-state index contributed by atoms with van der Waals surface area (Å²) in [5.74, 6) is -0.691. The normalized spacial score (nSPS) is 13.5. The maximum atomic E-state index is 13.5. The van der Waals surface area contributed by atoms with Crippen molar-refractivity contribution < 1.29 is 22.2 Å². The number of carbonyl (C=O) groups is 1. The molecule has 1 atom stereocenters. The van der Waals surface area contributed by atoms with E-state index in [9.17, 15) is 18.0 Å². The summed E-state index contributed by atoms with van der Waals surface area (Å²) in [6.45, 7) is 3.65. The molecule has 2 aromatic heterocycles. The van der Waals surface area contributed by atoms with E-state index in [2.05, 4.69) is 15.3 Å². The second-order valence-electron chi connectivity index (χ2n) is 7.73. The number of hydrogen-bond acceptors (Lipinski definition) is 5. The lowest BCUT2D eigenvalue weighted by Gasteiger charge is -2.25. The number of nitrogens with one attached hydrogen (secondary N) is 1. The lowest BCUT2D eigenvalue weighted by Crippen LogP contribution is -2.45. The quantitative estimate of drug-likeness (QED) is 0.503. The zero-order chi connectivity index (χ0) is 22.6. The van der Waals surface area contributed by atoms with Gasteiger partial charge in [0.15, 0.2) is 0 Å². The molecule has 0 amide bonds. The molecule has 0 saturated carbocycles. The Balaban J connectivity index is 0.00000363. The molecule has 2 heterocycles. The van der Waals surface area contributed by atoms with Gasteiger partial charge in [-0.25, -0.2) is 4.98 Å². The number of halogens is 3. The fourth-order valence-electron chi connectivity index (χ4n) is 3.23. The number of rotatable bonds is 7. The monoisotopic (exact) mass is 434 g/mol. The summed E-state index contributed by atoms with van der Waals surface area (Å²) in [6.07, 6.45) is -2.69. The number of hydrogen-bond donors (Lipinski definition) is 2. The Morgan fingerprint density at radius 3 is 2.45 bits per heavy atom. The molecular weight excluding hydrogens is 405 g/mol. The van der Waals surface area contributed by atoms with Crippen LogP contribution in [0.1, 0.15) is 44.1 Å². The Hall–Kier alpha value is -3.26. The van der Waals surface area contributed by atoms with Gasteiger partial charge >= 0.3 is 6.18 Å². The van der Waals surface area contributed by atoms with E-state index >= 15 is 0 Å². The molecule has 1 aromatic carbocycles. The largest absolute Gasteiger partial charge is 0.418 e. The number of pyridine rings is 2. The van der Waals surface area contributed by atoms with Crippen LogP contribution in [0, 0.1) is 6.92 Å². The van der Waals surface area contributed by atoms with Crippen LogP contribution in [0.25, 0.3) is 0 Å². The van der Waals surface area contributed by atoms with Crippen LogP contribution in [0.3, 0.4) is 0 Å². The molecule has 3 N–H and O–H groups in total. The van der Waals surface area contributed by atoms with Crippen molar-refractivity contribution in [1.82, 2.24) is 9.97 Å². The molecule has 0 bridgehead atoms. The number of nitrogens with two attached hydrogens (primary N) is 1. The summed E-state index contributed by atoms with van der Waals surface area (Å²) in [5, 5.41) is 2.97. The highest BCUT2D eigenvalue weighted by Crippen LogP contribution is 2.33. The van der Waals surface area contributed by atoms with Crippen LogP contribution < -0.4 is 11.1 Å². The number of alkyl halides is 3. The van der Waals surface area contributed by atoms with Crippen molar-refractivity contribution in [3.63, 3.8) is 0 Å². The van der Waals surface area contributed by atoms with E-state index < -0.39 is 28.8 Å². The summed E-state index contributed by atoms with van der Waals surface area (Å²) in [5.41, 5.74) is 5.36. The summed E-state index contributed by atoms with van der Waals surface area (Å²) < 4.78 is 40.6. The maximum Gasteiger partial charge on any atom is 0.418 e. The first kappa shape index (κ1) is 22.4. The van der Waals surface area contributed by atoms with Crippen LogP contribution in [0.15, 0.2) is 60.8 Å². The van der Waals surface area contributed by atoms with Crippen LogP contribution >= 0.6 is 0 Å². The molecule has 0 saturated heterocycles. The van der Waals surface area contributed by atoms with Crippen molar-refractivity contribution in [2.75, 3.05) is 11.9 Å². The molecule has 8 heteroatoms. The van der Waals surface area contributed by atoms with Crippen LogP contribution in [0.2, 0.25) is 0 Å². The molecule has 3 aromatic rings. The zero-order valence-electron chi connectivity index (χ0n) is 17.2. The van der Waals surface area contributed by atoms with Gasteiger partial charge in [-0.1, -0.05) is 30.3 Å². The van der Waals surface area contributed by atoms with E-state index in [0.717, 1.165) is 11.6 Å². The Kier molecular flexibility index (Phi) is 6.40. The summed E-state index contributed by atoms with van der Waals surface area (Å²) in [4.78, 5) is 20.9. The molecule has 3 rings (SSSR count). The Labute approximate surface area is 183 Å². The third-order valence-corrected chi connectivity index (χ3v) is 4.79. The average Bonchev–Trinajstić information content (AvgIpc) is 2.72. The van der Waals surface area contributed by atoms with Crippen LogP contribution in [0.5, 0.6) is 0 Å². The number of anilines is 1. The minimum atomic E-state index is -4.72. The number of benzene rings is 1. The minimum absolute atomic E-state index is 0. The van der Waals surface area contributed by atoms with E-state index in [1.165, 1.54) is 24.4 Å². The SMILES string of the molecule is Cc1ncccc1C(=O)c1nc(NCC(C)(N)Cc2ccccc2)ccc1C(F)(F)F.[HH].[HH].[HH]. The van der Waals surface area contributed by atoms with Crippen LogP contribution in [0.4, 0.5) is 19.0 Å². The molecule has 0 radical (unpaired) electrons. The fraction of sp³-hybridized carbons (Fsp3) is 0.261. The highest BCUT2D eigenvalue weighted by molar-refractivity contribution is 6.09. The number of nitrogens with zero attached hydrogens (tertiary/aromatic N) is 2. The molecule has 0 spiro atoms. The Morgan fingerprint density at radius 2 is 1.81 bits per heavy atom. The predicted molar refractivity (Wildman–Crippen MR) is 119 cm³/mol. The fourth-order valence-corrected chi connectivity index (χ4v) is 3.23. The first-order chi connectivity index (χ1) is 14.6. The maximum absolute atomic E-state index is 13.5. The van der Waals surface area contributed by atoms with E-state index in [1.54, 1.807) is 6.92 Å². The van der Waals surface area contributed by atoms with E-state index in [1.807, 2.05) is 37.3 Å². The standard InChI is InChI=1S/C23H23F3N4O.3H2/c1-15-17(9-6-12-28-15)21(31)20-18(23(24,25)26)10-11-19(30-20)29-14-22(2,27)13-16-7-4-3-5-8-16;;;/h3-12H,13-14,27H2,1-2H3,(H,29,30);3*1H. The van der Waals surface area contributed by atoms with Crippen molar-refractivity contribution in [2.24, 2.45) is 5.73 Å². The predicted octanol–water partition coefficient (Wildman–Crippen LogP) is 5.14. The van der Waals surface area contributed by atoms with E-state index in [0.29, 0.717) is 12.1 Å². The summed E-state index contributed by atoms with van der Waals surface area (Å²) in [7, 11) is 0. The molecule has 0 aliphatic carbocycles. The molecule has 1 unspecified atom stereocenters. The van der Waals surface area contributed by atoms with Crippen molar-refractivity contribution in [3.05, 3.63) is 88.9 Å². The highest BCUT2D eigenvalue weighted by atomic mass is 19.4. The van der Waals surface area contributed by atoms with Gasteiger partial charge in [0.05, 0.1) is 5.56 Å². The average molecular weight is 435 g/mol. The first-order valence-corrected chi connectivity index (χ1v) is 9.68. The van der Waals surface area contributed by atoms with Gasteiger partial charge in [-0.15, -0.1) is 0 Å². The van der Waals surface area contributed by atoms with Gasteiger partial charge in [-0.2, -0.15) is 13.2 Å². The molecule has 5 nitrogen and oxygen atoms in total. The molecule has 168 valence electrons. The van der Waals surface area contributed by atoms with Gasteiger partial charge in [0.25, 0.3) is 0 Å². The number of aromatic nitrogens is 2. The van der Waals surface area contributed by atoms with Crippen LogP contribution in [-0.2, 0) is 12.6 Å². The van der Waals surface area contributed by atoms with E-state index in [4.69, 9.17) is 5.73 Å². The molecular formula is C23H29F3N4O. The van der Waals surface area contributed by atoms with Crippen molar-refractivity contribution >= 4 is 11.6 Å². The third-order valence-electron chi connectivity index (χ3n) is 4.79. The van der Waals surface area contributed by atoms with Gasteiger partial charge in [0.2, 0.25) is 5.78 Å². The van der Waals surface area contributed by atoms with Gasteiger partial charge in [-0.3, -0.25) is 9.78 Å². The van der Waals surface area contributed by atoms with Crippen molar-refractivity contribution in [3.8, 4) is 0 Å². The third kappa shape index (κ3) is 5.67.